The second-order valence-electron chi connectivity index (χ2n) is 7.54. The number of carbonyl (C=O) groups is 1. The Bertz CT molecular complexity index is 1470. The molecule has 0 atom stereocenters. The molecular formula is C26H20ClN3O4S. The van der Waals surface area contributed by atoms with Crippen molar-refractivity contribution in [3.63, 3.8) is 0 Å². The minimum absolute atomic E-state index is 0.260. The van der Waals surface area contributed by atoms with Crippen LogP contribution in [0.2, 0.25) is 5.02 Å². The van der Waals surface area contributed by atoms with Crippen LogP contribution in [0.3, 0.4) is 0 Å². The Labute approximate surface area is 210 Å². The van der Waals surface area contributed by atoms with Gasteiger partial charge < -0.3 is 14.2 Å². The maximum absolute atomic E-state index is 13.7. The standard InChI is InChI=1S/C26H20ClN3O4S/c1-32-20-12-15(13-21(33-2)23(20)34-3)11-19-25(31)30(24(28-19)16-7-5-4-6-8-16)26-29-18-14-17(27)9-10-22(18)35-26/h4-14H,1-3H3. The molecule has 35 heavy (non-hydrogen) atoms. The van der Waals surface area contributed by atoms with Crippen molar-refractivity contribution in [1.29, 1.82) is 0 Å². The van der Waals surface area contributed by atoms with Crippen molar-refractivity contribution in [1.82, 2.24) is 4.98 Å². The van der Waals surface area contributed by atoms with E-state index in [1.165, 1.54) is 16.2 Å². The molecule has 7 nitrogen and oxygen atoms in total. The number of thiazole rings is 1. The van der Waals surface area contributed by atoms with E-state index in [0.717, 1.165) is 15.8 Å². The van der Waals surface area contributed by atoms with Gasteiger partial charge in [-0.2, -0.15) is 0 Å². The summed E-state index contributed by atoms with van der Waals surface area (Å²) in [6.07, 6.45) is 1.69. The van der Waals surface area contributed by atoms with Gasteiger partial charge in [-0.25, -0.2) is 14.9 Å². The maximum Gasteiger partial charge on any atom is 0.284 e. The predicted octanol–water partition coefficient (Wildman–Crippen LogP) is 5.81. The fourth-order valence-electron chi connectivity index (χ4n) is 3.80. The lowest BCUT2D eigenvalue weighted by Crippen LogP contribution is -2.32. The summed E-state index contributed by atoms with van der Waals surface area (Å²) in [4.78, 5) is 24.6. The van der Waals surface area contributed by atoms with Gasteiger partial charge in [-0.3, -0.25) is 4.79 Å². The van der Waals surface area contributed by atoms with Crippen LogP contribution >= 0.6 is 22.9 Å². The van der Waals surface area contributed by atoms with E-state index in [9.17, 15) is 4.79 Å². The molecule has 176 valence electrons. The minimum Gasteiger partial charge on any atom is -0.493 e. The number of methoxy groups -OCH3 is 3. The highest BCUT2D eigenvalue weighted by molar-refractivity contribution is 7.22. The van der Waals surface area contributed by atoms with Crippen LogP contribution in [-0.2, 0) is 4.79 Å². The number of halogens is 1. The predicted molar refractivity (Wildman–Crippen MR) is 139 cm³/mol. The first-order valence-corrected chi connectivity index (χ1v) is 11.8. The van der Waals surface area contributed by atoms with Crippen LogP contribution in [0.1, 0.15) is 11.1 Å². The Morgan fingerprint density at radius 1 is 0.943 bits per heavy atom. The molecule has 0 saturated carbocycles. The van der Waals surface area contributed by atoms with Gasteiger partial charge in [-0.15, -0.1) is 0 Å². The summed E-state index contributed by atoms with van der Waals surface area (Å²) in [7, 11) is 4.63. The highest BCUT2D eigenvalue weighted by Crippen LogP contribution is 2.40. The number of hydrogen-bond acceptors (Lipinski definition) is 7. The zero-order valence-electron chi connectivity index (χ0n) is 19.1. The van der Waals surface area contributed by atoms with Crippen molar-refractivity contribution in [2.75, 3.05) is 26.2 Å². The molecule has 0 spiro atoms. The molecule has 9 heteroatoms. The summed E-state index contributed by atoms with van der Waals surface area (Å²) < 4.78 is 17.2. The number of benzene rings is 3. The zero-order valence-corrected chi connectivity index (χ0v) is 20.7. The second kappa shape index (κ2) is 9.40. The van der Waals surface area contributed by atoms with Gasteiger partial charge in [0.15, 0.2) is 16.6 Å². The van der Waals surface area contributed by atoms with Crippen molar-refractivity contribution < 1.29 is 19.0 Å². The summed E-state index contributed by atoms with van der Waals surface area (Å²) in [6, 6.07) is 18.5. The highest BCUT2D eigenvalue weighted by atomic mass is 35.5. The number of rotatable bonds is 6. The van der Waals surface area contributed by atoms with Gasteiger partial charge in [-0.05, 0) is 42.0 Å². The molecule has 0 aliphatic carbocycles. The molecule has 3 aromatic carbocycles. The Morgan fingerprint density at radius 3 is 2.31 bits per heavy atom. The second-order valence-corrected chi connectivity index (χ2v) is 8.98. The lowest BCUT2D eigenvalue weighted by atomic mass is 10.1. The van der Waals surface area contributed by atoms with Gasteiger partial charge in [0.25, 0.3) is 5.91 Å². The van der Waals surface area contributed by atoms with E-state index in [-0.39, 0.29) is 11.6 Å². The van der Waals surface area contributed by atoms with E-state index < -0.39 is 0 Å². The van der Waals surface area contributed by atoms with Gasteiger partial charge in [0.2, 0.25) is 5.75 Å². The van der Waals surface area contributed by atoms with Crippen molar-refractivity contribution in [3.05, 3.63) is 82.5 Å². The third-order valence-corrected chi connectivity index (χ3v) is 6.67. The van der Waals surface area contributed by atoms with Gasteiger partial charge >= 0.3 is 0 Å². The van der Waals surface area contributed by atoms with E-state index in [0.29, 0.717) is 38.8 Å². The van der Waals surface area contributed by atoms with Crippen LogP contribution in [0.4, 0.5) is 5.13 Å². The average Bonchev–Trinajstić information content (AvgIpc) is 3.43. The van der Waals surface area contributed by atoms with E-state index in [1.54, 1.807) is 51.7 Å². The number of hydrogen-bond donors (Lipinski definition) is 0. The number of anilines is 1. The Kier molecular flexibility index (Phi) is 6.15. The number of aliphatic imine (C=N–C) groups is 1. The largest absolute Gasteiger partial charge is 0.493 e. The van der Waals surface area contributed by atoms with Gasteiger partial charge in [0.1, 0.15) is 11.5 Å². The molecule has 0 bridgehead atoms. The number of amidine groups is 1. The van der Waals surface area contributed by atoms with Gasteiger partial charge in [0.05, 0.1) is 31.5 Å². The van der Waals surface area contributed by atoms with E-state index in [1.807, 2.05) is 36.4 Å². The van der Waals surface area contributed by atoms with Crippen LogP contribution in [0, 0.1) is 0 Å². The van der Waals surface area contributed by atoms with Crippen molar-refractivity contribution in [2.24, 2.45) is 4.99 Å². The van der Waals surface area contributed by atoms with E-state index >= 15 is 0 Å². The maximum atomic E-state index is 13.7. The van der Waals surface area contributed by atoms with Crippen LogP contribution in [0.5, 0.6) is 17.2 Å². The number of fused-ring (bicyclic) bond motifs is 1. The molecule has 1 amide bonds. The fraction of sp³-hybridized carbons (Fsp3) is 0.115. The number of aromatic nitrogens is 1. The third-order valence-electron chi connectivity index (χ3n) is 5.41. The van der Waals surface area contributed by atoms with Crippen molar-refractivity contribution >= 4 is 56.1 Å². The molecule has 5 rings (SSSR count). The quantitative estimate of drug-likeness (QED) is 0.309. The number of ether oxygens (including phenoxy) is 3. The molecule has 1 aliphatic rings. The summed E-state index contributed by atoms with van der Waals surface area (Å²) >= 11 is 7.55. The monoisotopic (exact) mass is 505 g/mol. The first kappa shape index (κ1) is 22.9. The fourth-order valence-corrected chi connectivity index (χ4v) is 4.91. The molecular weight excluding hydrogens is 486 g/mol. The molecule has 0 N–H and O–H groups in total. The summed E-state index contributed by atoms with van der Waals surface area (Å²) in [5, 5.41) is 1.10. The van der Waals surface area contributed by atoms with Crippen LogP contribution in [-0.4, -0.2) is 38.1 Å². The highest BCUT2D eigenvalue weighted by Gasteiger charge is 2.34. The number of carbonyl (C=O) groups excluding carboxylic acids is 1. The minimum atomic E-state index is -0.289. The van der Waals surface area contributed by atoms with Gasteiger partial charge in [0, 0.05) is 10.6 Å². The topological polar surface area (TPSA) is 73.2 Å². The lowest BCUT2D eigenvalue weighted by molar-refractivity contribution is -0.113. The molecule has 1 aliphatic heterocycles. The molecule has 4 aromatic rings. The summed E-state index contributed by atoms with van der Waals surface area (Å²) in [6.45, 7) is 0. The molecule has 0 radical (unpaired) electrons. The molecule has 1 aromatic heterocycles. The first-order valence-electron chi connectivity index (χ1n) is 10.6. The molecule has 2 heterocycles. The molecule has 0 fully saturated rings. The van der Waals surface area contributed by atoms with Crippen molar-refractivity contribution in [2.45, 2.75) is 0 Å². The zero-order chi connectivity index (χ0) is 24.5. The lowest BCUT2D eigenvalue weighted by Gasteiger charge is -2.15. The number of nitrogens with zero attached hydrogens (tertiary/aromatic N) is 3. The Balaban J connectivity index is 1.63. The van der Waals surface area contributed by atoms with Crippen molar-refractivity contribution in [3.8, 4) is 17.2 Å². The van der Waals surface area contributed by atoms with E-state index in [4.69, 9.17) is 30.8 Å². The average molecular weight is 506 g/mol. The Morgan fingerprint density at radius 2 is 1.66 bits per heavy atom. The van der Waals surface area contributed by atoms with Crippen LogP contribution in [0.15, 0.2) is 71.4 Å². The van der Waals surface area contributed by atoms with E-state index in [2.05, 4.69) is 4.98 Å². The normalized spacial score (nSPS) is 14.5. The Hall–Kier alpha value is -3.88. The smallest absolute Gasteiger partial charge is 0.284 e. The summed E-state index contributed by atoms with van der Waals surface area (Å²) in [5.74, 6) is 1.65. The molecule has 0 saturated heterocycles. The molecule has 0 unspecified atom stereocenters. The third kappa shape index (κ3) is 4.22. The van der Waals surface area contributed by atoms with Gasteiger partial charge in [-0.1, -0.05) is 53.3 Å². The first-order chi connectivity index (χ1) is 17.0. The summed E-state index contributed by atoms with van der Waals surface area (Å²) in [5.41, 5.74) is 2.46. The SMILES string of the molecule is COc1cc(C=C2N=C(c3ccccc3)N(c3nc4cc(Cl)ccc4s3)C2=O)cc(OC)c1OC. The number of amides is 1. The van der Waals surface area contributed by atoms with Crippen LogP contribution in [0.25, 0.3) is 16.3 Å². The van der Waals surface area contributed by atoms with Crippen LogP contribution < -0.4 is 19.1 Å².